The lowest BCUT2D eigenvalue weighted by atomic mass is 10.1. The normalized spacial score (nSPS) is 11.5. The standard InChI is InChI=1S/C16H14ClFN6S/c1-3-23-13(7-9(2)21-23)15-19-20-16-24(15)22-14(25-16)8-10-11(17)5-4-6-12(10)18/h4-7H,3,8H2,1-2H3. The molecule has 0 unspecified atom stereocenters. The molecule has 0 bridgehead atoms. The van der Waals surface area contributed by atoms with Gasteiger partial charge in [-0.05, 0) is 32.0 Å². The highest BCUT2D eigenvalue weighted by Gasteiger charge is 2.18. The summed E-state index contributed by atoms with van der Waals surface area (Å²) in [7, 11) is 0. The Morgan fingerprint density at radius 3 is 2.84 bits per heavy atom. The lowest BCUT2D eigenvalue weighted by Gasteiger charge is -2.03. The number of rotatable bonds is 4. The number of fused-ring (bicyclic) bond motifs is 1. The Morgan fingerprint density at radius 1 is 1.24 bits per heavy atom. The van der Waals surface area contributed by atoms with Crippen molar-refractivity contribution in [3.05, 3.63) is 51.4 Å². The van der Waals surface area contributed by atoms with Crippen molar-refractivity contribution in [1.29, 1.82) is 0 Å². The van der Waals surface area contributed by atoms with Crippen molar-refractivity contribution in [2.45, 2.75) is 26.8 Å². The van der Waals surface area contributed by atoms with Gasteiger partial charge < -0.3 is 0 Å². The summed E-state index contributed by atoms with van der Waals surface area (Å²) in [6.45, 7) is 4.67. The predicted octanol–water partition coefficient (Wildman–Crippen LogP) is 3.76. The van der Waals surface area contributed by atoms with Crippen LogP contribution in [0.4, 0.5) is 4.39 Å². The monoisotopic (exact) mass is 376 g/mol. The molecule has 0 saturated carbocycles. The van der Waals surface area contributed by atoms with Crippen LogP contribution in [0.25, 0.3) is 16.5 Å². The maximum absolute atomic E-state index is 14.0. The first-order chi connectivity index (χ1) is 12.1. The molecule has 0 amide bonds. The second-order valence-corrected chi connectivity index (χ2v) is 7.03. The molecule has 0 saturated heterocycles. The first-order valence-electron chi connectivity index (χ1n) is 7.75. The van der Waals surface area contributed by atoms with E-state index in [9.17, 15) is 4.39 Å². The Hall–Kier alpha value is -2.32. The largest absolute Gasteiger partial charge is 0.262 e. The van der Waals surface area contributed by atoms with E-state index in [1.165, 1.54) is 17.4 Å². The first kappa shape index (κ1) is 16.2. The lowest BCUT2D eigenvalue weighted by Crippen LogP contribution is -2.02. The van der Waals surface area contributed by atoms with Gasteiger partial charge in [-0.15, -0.1) is 10.2 Å². The van der Waals surface area contributed by atoms with Gasteiger partial charge in [0.2, 0.25) is 10.8 Å². The van der Waals surface area contributed by atoms with Crippen LogP contribution in [0.5, 0.6) is 0 Å². The van der Waals surface area contributed by atoms with E-state index in [4.69, 9.17) is 11.6 Å². The first-order valence-corrected chi connectivity index (χ1v) is 8.95. The van der Waals surface area contributed by atoms with Crippen molar-refractivity contribution in [2.75, 3.05) is 0 Å². The third-order valence-electron chi connectivity index (χ3n) is 3.85. The minimum Gasteiger partial charge on any atom is -0.262 e. The third kappa shape index (κ3) is 2.81. The summed E-state index contributed by atoms with van der Waals surface area (Å²) >= 11 is 7.48. The molecule has 6 nitrogen and oxygen atoms in total. The summed E-state index contributed by atoms with van der Waals surface area (Å²) in [6.07, 6.45) is 0.311. The summed E-state index contributed by atoms with van der Waals surface area (Å²) in [4.78, 5) is 0.652. The second kappa shape index (κ2) is 6.20. The molecule has 9 heteroatoms. The van der Waals surface area contributed by atoms with Crippen molar-refractivity contribution in [3.63, 3.8) is 0 Å². The molecule has 0 aliphatic heterocycles. The molecule has 0 spiro atoms. The van der Waals surface area contributed by atoms with E-state index in [-0.39, 0.29) is 5.82 Å². The zero-order valence-corrected chi connectivity index (χ0v) is 15.1. The van der Waals surface area contributed by atoms with Gasteiger partial charge in [-0.25, -0.2) is 4.39 Å². The van der Waals surface area contributed by atoms with E-state index >= 15 is 0 Å². The van der Waals surface area contributed by atoms with Crippen LogP contribution in [0.3, 0.4) is 0 Å². The average molecular weight is 377 g/mol. The van der Waals surface area contributed by atoms with Gasteiger partial charge in [-0.1, -0.05) is 29.0 Å². The quantitative estimate of drug-likeness (QED) is 0.544. The van der Waals surface area contributed by atoms with E-state index in [1.54, 1.807) is 16.6 Å². The summed E-state index contributed by atoms with van der Waals surface area (Å²) in [6, 6.07) is 6.61. The highest BCUT2D eigenvalue weighted by Crippen LogP contribution is 2.26. The van der Waals surface area contributed by atoms with Crippen LogP contribution in [0.15, 0.2) is 24.3 Å². The van der Waals surface area contributed by atoms with Crippen molar-refractivity contribution >= 4 is 27.9 Å². The molecule has 128 valence electrons. The van der Waals surface area contributed by atoms with Gasteiger partial charge in [0.1, 0.15) is 16.5 Å². The van der Waals surface area contributed by atoms with Gasteiger partial charge in [-0.3, -0.25) is 4.68 Å². The second-order valence-electron chi connectivity index (χ2n) is 5.58. The fraction of sp³-hybridized carbons (Fsp3) is 0.250. The molecule has 0 fully saturated rings. The van der Waals surface area contributed by atoms with Crippen molar-refractivity contribution in [1.82, 2.24) is 29.6 Å². The highest BCUT2D eigenvalue weighted by atomic mass is 35.5. The molecule has 4 aromatic rings. The molecule has 0 aliphatic rings. The smallest absolute Gasteiger partial charge is 0.235 e. The van der Waals surface area contributed by atoms with Crippen LogP contribution in [0, 0.1) is 12.7 Å². The molecule has 1 aromatic carbocycles. The number of hydrogen-bond donors (Lipinski definition) is 0. The number of hydrogen-bond acceptors (Lipinski definition) is 5. The van der Waals surface area contributed by atoms with Crippen LogP contribution < -0.4 is 0 Å². The minimum atomic E-state index is -0.335. The van der Waals surface area contributed by atoms with Gasteiger partial charge in [-0.2, -0.15) is 14.7 Å². The molecular weight excluding hydrogens is 363 g/mol. The Balaban J connectivity index is 1.76. The fourth-order valence-corrected chi connectivity index (χ4v) is 3.78. The van der Waals surface area contributed by atoms with Gasteiger partial charge in [0, 0.05) is 23.6 Å². The van der Waals surface area contributed by atoms with Crippen LogP contribution in [0.2, 0.25) is 5.02 Å². The van der Waals surface area contributed by atoms with E-state index in [0.29, 0.717) is 27.8 Å². The molecule has 3 heterocycles. The predicted molar refractivity (Wildman–Crippen MR) is 94.5 cm³/mol. The van der Waals surface area contributed by atoms with Crippen molar-refractivity contribution < 1.29 is 4.39 Å². The molecule has 4 rings (SSSR count). The van der Waals surface area contributed by atoms with Crippen LogP contribution in [-0.2, 0) is 13.0 Å². The van der Waals surface area contributed by atoms with Crippen LogP contribution >= 0.6 is 22.9 Å². The molecule has 0 aliphatic carbocycles. The number of aromatic nitrogens is 6. The maximum Gasteiger partial charge on any atom is 0.235 e. The number of aryl methyl sites for hydroxylation is 2. The SMILES string of the molecule is CCn1nc(C)cc1-c1nnc2sc(Cc3c(F)cccc3Cl)nn12. The zero-order chi connectivity index (χ0) is 17.6. The van der Waals surface area contributed by atoms with Crippen molar-refractivity contribution in [3.8, 4) is 11.5 Å². The lowest BCUT2D eigenvalue weighted by molar-refractivity contribution is 0.613. The summed E-state index contributed by atoms with van der Waals surface area (Å²) in [5, 5.41) is 18.5. The minimum absolute atomic E-state index is 0.311. The van der Waals surface area contributed by atoms with E-state index < -0.39 is 0 Å². The van der Waals surface area contributed by atoms with Gasteiger partial charge >= 0.3 is 0 Å². The third-order valence-corrected chi connectivity index (χ3v) is 5.11. The van der Waals surface area contributed by atoms with E-state index in [0.717, 1.165) is 22.9 Å². The van der Waals surface area contributed by atoms with Gasteiger partial charge in [0.05, 0.1) is 5.69 Å². The Bertz CT molecular complexity index is 1050. The average Bonchev–Trinajstić information content (AvgIpc) is 3.24. The van der Waals surface area contributed by atoms with Gasteiger partial charge in [0.15, 0.2) is 0 Å². The Kier molecular flexibility index (Phi) is 4.01. The number of halogens is 2. The number of nitrogens with zero attached hydrogens (tertiary/aromatic N) is 6. The Labute approximate surface area is 151 Å². The molecule has 25 heavy (non-hydrogen) atoms. The molecule has 0 radical (unpaired) electrons. The van der Waals surface area contributed by atoms with Crippen LogP contribution in [0.1, 0.15) is 23.2 Å². The van der Waals surface area contributed by atoms with Crippen molar-refractivity contribution in [2.24, 2.45) is 0 Å². The highest BCUT2D eigenvalue weighted by molar-refractivity contribution is 7.16. The maximum atomic E-state index is 14.0. The number of benzene rings is 1. The topological polar surface area (TPSA) is 60.9 Å². The van der Waals surface area contributed by atoms with E-state index in [2.05, 4.69) is 20.4 Å². The van der Waals surface area contributed by atoms with Gasteiger partial charge in [0.25, 0.3) is 0 Å². The molecule has 0 N–H and O–H groups in total. The Morgan fingerprint density at radius 2 is 2.08 bits per heavy atom. The zero-order valence-electron chi connectivity index (χ0n) is 13.6. The summed E-state index contributed by atoms with van der Waals surface area (Å²) in [5.41, 5.74) is 2.19. The summed E-state index contributed by atoms with van der Waals surface area (Å²) < 4.78 is 17.5. The summed E-state index contributed by atoms with van der Waals surface area (Å²) in [5.74, 6) is 0.290. The van der Waals surface area contributed by atoms with E-state index in [1.807, 2.05) is 24.6 Å². The molecule has 3 aromatic heterocycles. The van der Waals surface area contributed by atoms with Crippen LogP contribution in [-0.4, -0.2) is 29.6 Å². The fourth-order valence-electron chi connectivity index (χ4n) is 2.71. The molecule has 0 atom stereocenters. The molecular formula is C16H14ClFN6S.